The molecule has 0 unspecified atom stereocenters. The van der Waals surface area contributed by atoms with Gasteiger partial charge in [-0.3, -0.25) is 4.68 Å². The maximum atomic E-state index is 4.59. The van der Waals surface area contributed by atoms with Gasteiger partial charge in [-0.1, -0.05) is 13.3 Å². The van der Waals surface area contributed by atoms with Crippen LogP contribution in [0.2, 0.25) is 0 Å². The van der Waals surface area contributed by atoms with Crippen LogP contribution in [-0.4, -0.2) is 52.8 Å². The SMILES string of the molecule is CCCn1cc(CN(C)C[C@@H]2CCCCN2C)c(C)n1. The fourth-order valence-electron chi connectivity index (χ4n) is 3.15. The molecule has 1 aromatic heterocycles. The number of piperidine rings is 1. The summed E-state index contributed by atoms with van der Waals surface area (Å²) in [7, 11) is 4.50. The van der Waals surface area contributed by atoms with Gasteiger partial charge in [0, 0.05) is 37.4 Å². The van der Waals surface area contributed by atoms with Gasteiger partial charge in [0.25, 0.3) is 0 Å². The molecule has 0 aromatic carbocycles. The first kappa shape index (κ1) is 15.5. The molecule has 0 N–H and O–H groups in total. The number of rotatable bonds is 6. The van der Waals surface area contributed by atoms with Crippen LogP contribution < -0.4 is 0 Å². The van der Waals surface area contributed by atoms with Crippen LogP contribution >= 0.6 is 0 Å². The van der Waals surface area contributed by atoms with E-state index in [1.165, 1.54) is 37.1 Å². The normalized spacial score (nSPS) is 20.8. The Kier molecular flexibility index (Phi) is 5.61. The van der Waals surface area contributed by atoms with E-state index in [2.05, 4.69) is 53.7 Å². The molecule has 4 nitrogen and oxygen atoms in total. The highest BCUT2D eigenvalue weighted by Crippen LogP contribution is 2.17. The van der Waals surface area contributed by atoms with Gasteiger partial charge in [0.05, 0.1) is 5.69 Å². The van der Waals surface area contributed by atoms with Crippen LogP contribution in [0.1, 0.15) is 43.9 Å². The monoisotopic (exact) mass is 278 g/mol. The van der Waals surface area contributed by atoms with Crippen molar-refractivity contribution in [2.45, 2.75) is 58.7 Å². The van der Waals surface area contributed by atoms with E-state index in [1.807, 2.05) is 0 Å². The molecule has 1 saturated heterocycles. The van der Waals surface area contributed by atoms with Crippen molar-refractivity contribution in [2.24, 2.45) is 0 Å². The lowest BCUT2D eigenvalue weighted by Crippen LogP contribution is -2.43. The molecule has 2 heterocycles. The van der Waals surface area contributed by atoms with E-state index in [-0.39, 0.29) is 0 Å². The van der Waals surface area contributed by atoms with E-state index in [1.54, 1.807) is 0 Å². The van der Waals surface area contributed by atoms with Crippen LogP contribution in [0.4, 0.5) is 0 Å². The largest absolute Gasteiger partial charge is 0.302 e. The van der Waals surface area contributed by atoms with Crippen molar-refractivity contribution >= 4 is 0 Å². The molecular weight excluding hydrogens is 248 g/mol. The third-order valence-electron chi connectivity index (χ3n) is 4.38. The number of hydrogen-bond donors (Lipinski definition) is 0. The minimum absolute atomic E-state index is 0.722. The average Bonchev–Trinajstić information content (AvgIpc) is 2.73. The third-order valence-corrected chi connectivity index (χ3v) is 4.38. The molecule has 114 valence electrons. The van der Waals surface area contributed by atoms with Crippen LogP contribution in [0.15, 0.2) is 6.20 Å². The molecule has 1 aliphatic heterocycles. The Morgan fingerprint density at radius 3 is 2.90 bits per heavy atom. The number of aryl methyl sites for hydroxylation is 2. The molecule has 0 bridgehead atoms. The lowest BCUT2D eigenvalue weighted by atomic mass is 10.0. The van der Waals surface area contributed by atoms with Crippen molar-refractivity contribution in [3.63, 3.8) is 0 Å². The van der Waals surface area contributed by atoms with Crippen LogP contribution in [-0.2, 0) is 13.1 Å². The highest BCUT2D eigenvalue weighted by Gasteiger charge is 2.20. The number of likely N-dealkylation sites (N-methyl/N-ethyl adjacent to an activating group) is 2. The maximum absolute atomic E-state index is 4.59. The molecule has 2 rings (SSSR count). The van der Waals surface area contributed by atoms with E-state index in [9.17, 15) is 0 Å². The standard InChI is InChI=1S/C16H30N4/c1-5-9-20-12-15(14(2)17-20)11-18(3)13-16-8-6-7-10-19(16)4/h12,16H,5-11,13H2,1-4H3/t16-/m0/s1. The third kappa shape index (κ3) is 4.06. The molecule has 0 amide bonds. The predicted octanol–water partition coefficient (Wildman–Crippen LogP) is 2.52. The predicted molar refractivity (Wildman–Crippen MR) is 83.9 cm³/mol. The Balaban J connectivity index is 1.88. The van der Waals surface area contributed by atoms with Crippen LogP contribution in [0.3, 0.4) is 0 Å². The lowest BCUT2D eigenvalue weighted by molar-refractivity contribution is 0.138. The van der Waals surface area contributed by atoms with E-state index >= 15 is 0 Å². The van der Waals surface area contributed by atoms with Crippen molar-refractivity contribution in [1.29, 1.82) is 0 Å². The second-order valence-corrected chi connectivity index (χ2v) is 6.33. The summed E-state index contributed by atoms with van der Waals surface area (Å²) in [4.78, 5) is 4.97. The first-order chi connectivity index (χ1) is 9.60. The molecule has 0 radical (unpaired) electrons. The lowest BCUT2D eigenvalue weighted by Gasteiger charge is -2.35. The minimum Gasteiger partial charge on any atom is -0.302 e. The molecule has 0 aliphatic carbocycles. The van der Waals surface area contributed by atoms with Gasteiger partial charge in [-0.05, 0) is 46.8 Å². The van der Waals surface area contributed by atoms with Crippen molar-refractivity contribution in [3.8, 4) is 0 Å². The van der Waals surface area contributed by atoms with Crippen LogP contribution in [0, 0.1) is 6.92 Å². The number of hydrogen-bond acceptors (Lipinski definition) is 3. The molecule has 1 aliphatic rings. The first-order valence-electron chi connectivity index (χ1n) is 8.02. The zero-order valence-corrected chi connectivity index (χ0v) is 13.6. The second-order valence-electron chi connectivity index (χ2n) is 6.33. The molecule has 0 spiro atoms. The van der Waals surface area contributed by atoms with Crippen molar-refractivity contribution in [1.82, 2.24) is 19.6 Å². The molecule has 1 atom stereocenters. The minimum atomic E-state index is 0.722. The van der Waals surface area contributed by atoms with E-state index < -0.39 is 0 Å². The Morgan fingerprint density at radius 2 is 2.20 bits per heavy atom. The van der Waals surface area contributed by atoms with Gasteiger partial charge in [-0.15, -0.1) is 0 Å². The summed E-state index contributed by atoms with van der Waals surface area (Å²) in [6.07, 6.45) is 7.45. The Hall–Kier alpha value is -0.870. The van der Waals surface area contributed by atoms with Gasteiger partial charge in [0.1, 0.15) is 0 Å². The Bertz CT molecular complexity index is 413. The van der Waals surface area contributed by atoms with Gasteiger partial charge in [0.2, 0.25) is 0 Å². The highest BCUT2D eigenvalue weighted by atomic mass is 15.3. The van der Waals surface area contributed by atoms with Gasteiger partial charge < -0.3 is 9.80 Å². The molecule has 4 heteroatoms. The topological polar surface area (TPSA) is 24.3 Å². The Morgan fingerprint density at radius 1 is 1.40 bits per heavy atom. The summed E-state index contributed by atoms with van der Waals surface area (Å²) in [5.41, 5.74) is 2.56. The zero-order chi connectivity index (χ0) is 14.5. The fraction of sp³-hybridized carbons (Fsp3) is 0.812. The summed E-state index contributed by atoms with van der Waals surface area (Å²) in [5, 5.41) is 4.59. The number of nitrogens with zero attached hydrogens (tertiary/aromatic N) is 4. The molecule has 0 saturated carbocycles. The maximum Gasteiger partial charge on any atom is 0.0638 e. The number of aromatic nitrogens is 2. The summed E-state index contributed by atoms with van der Waals surface area (Å²) in [6, 6.07) is 0.722. The van der Waals surface area contributed by atoms with E-state index in [0.29, 0.717) is 0 Å². The summed E-state index contributed by atoms with van der Waals surface area (Å²) in [5.74, 6) is 0. The summed E-state index contributed by atoms with van der Waals surface area (Å²) < 4.78 is 2.09. The second kappa shape index (κ2) is 7.23. The van der Waals surface area contributed by atoms with E-state index in [0.717, 1.165) is 32.1 Å². The van der Waals surface area contributed by atoms with Gasteiger partial charge >= 0.3 is 0 Å². The average molecular weight is 278 g/mol. The number of likely N-dealkylation sites (tertiary alicyclic amines) is 1. The smallest absolute Gasteiger partial charge is 0.0638 e. The van der Waals surface area contributed by atoms with Gasteiger partial charge in [0.15, 0.2) is 0 Å². The summed E-state index contributed by atoms with van der Waals surface area (Å²) >= 11 is 0. The van der Waals surface area contributed by atoms with Crippen LogP contribution in [0.25, 0.3) is 0 Å². The van der Waals surface area contributed by atoms with Crippen LogP contribution in [0.5, 0.6) is 0 Å². The van der Waals surface area contributed by atoms with Gasteiger partial charge in [-0.2, -0.15) is 5.10 Å². The first-order valence-corrected chi connectivity index (χ1v) is 8.02. The molecular formula is C16H30N4. The molecule has 20 heavy (non-hydrogen) atoms. The quantitative estimate of drug-likeness (QED) is 0.799. The summed E-state index contributed by atoms with van der Waals surface area (Å²) in [6.45, 7) is 8.78. The van der Waals surface area contributed by atoms with Crippen molar-refractivity contribution in [3.05, 3.63) is 17.5 Å². The molecule has 1 aromatic rings. The fourth-order valence-corrected chi connectivity index (χ4v) is 3.15. The Labute approximate surface area is 123 Å². The molecule has 1 fully saturated rings. The van der Waals surface area contributed by atoms with Gasteiger partial charge in [-0.25, -0.2) is 0 Å². The zero-order valence-electron chi connectivity index (χ0n) is 13.6. The van der Waals surface area contributed by atoms with E-state index in [4.69, 9.17) is 0 Å². The van der Waals surface area contributed by atoms with Crippen molar-refractivity contribution < 1.29 is 0 Å². The highest BCUT2D eigenvalue weighted by molar-refractivity contribution is 5.15. The van der Waals surface area contributed by atoms with Crippen molar-refractivity contribution in [2.75, 3.05) is 27.2 Å².